The van der Waals surface area contributed by atoms with E-state index in [1.165, 1.54) is 0 Å². The quantitative estimate of drug-likeness (QED) is 0.714. The summed E-state index contributed by atoms with van der Waals surface area (Å²) in [5.74, 6) is 0.897. The number of fused-ring (bicyclic) bond motifs is 3. The Morgan fingerprint density at radius 2 is 1.90 bits per heavy atom. The topological polar surface area (TPSA) is 34.2 Å². The van der Waals surface area contributed by atoms with E-state index in [4.69, 9.17) is 21.3 Å². The first kappa shape index (κ1) is 12.7. The van der Waals surface area contributed by atoms with Gasteiger partial charge in [-0.15, -0.1) is 0 Å². The first-order chi connectivity index (χ1) is 10.3. The fraction of sp³-hybridized carbons (Fsp3) is 0.0625. The van der Waals surface area contributed by atoms with Crippen LogP contribution in [0.15, 0.2) is 48.5 Å². The molecule has 1 aromatic heterocycles. The summed E-state index contributed by atoms with van der Waals surface area (Å²) >= 11 is 7.51. The highest BCUT2D eigenvalue weighted by molar-refractivity contribution is 7.16. The van der Waals surface area contributed by atoms with Crippen LogP contribution in [0.3, 0.4) is 0 Å². The second-order valence-electron chi connectivity index (χ2n) is 4.71. The summed E-state index contributed by atoms with van der Waals surface area (Å²) in [6, 6.07) is 15.6. The predicted octanol–water partition coefficient (Wildman–Crippen LogP) is 5.10. The first-order valence-electron chi connectivity index (χ1n) is 6.54. The SMILES string of the molecule is Clc1ccc(Nc2nc3c(s2)COc2ccccc2-3)cc1. The summed E-state index contributed by atoms with van der Waals surface area (Å²) in [5, 5.41) is 4.90. The maximum absolute atomic E-state index is 5.90. The van der Waals surface area contributed by atoms with E-state index in [2.05, 4.69) is 5.32 Å². The van der Waals surface area contributed by atoms with Gasteiger partial charge in [-0.05, 0) is 36.4 Å². The Kier molecular flexibility index (Phi) is 3.05. The molecule has 0 spiro atoms. The largest absolute Gasteiger partial charge is 0.487 e. The van der Waals surface area contributed by atoms with Crippen molar-refractivity contribution in [2.24, 2.45) is 0 Å². The highest BCUT2D eigenvalue weighted by atomic mass is 35.5. The van der Waals surface area contributed by atoms with E-state index in [1.807, 2.05) is 48.5 Å². The van der Waals surface area contributed by atoms with Crippen molar-refractivity contribution in [3.05, 3.63) is 58.4 Å². The highest BCUT2D eigenvalue weighted by Gasteiger charge is 2.21. The summed E-state index contributed by atoms with van der Waals surface area (Å²) in [6.45, 7) is 0.576. The van der Waals surface area contributed by atoms with Gasteiger partial charge in [0.2, 0.25) is 0 Å². The Balaban J connectivity index is 1.68. The van der Waals surface area contributed by atoms with Crippen LogP contribution in [0.4, 0.5) is 10.8 Å². The molecule has 0 radical (unpaired) electrons. The van der Waals surface area contributed by atoms with E-state index < -0.39 is 0 Å². The summed E-state index contributed by atoms with van der Waals surface area (Å²) in [4.78, 5) is 5.85. The van der Waals surface area contributed by atoms with Crippen LogP contribution >= 0.6 is 22.9 Å². The summed E-state index contributed by atoms with van der Waals surface area (Å²) in [7, 11) is 0. The van der Waals surface area contributed by atoms with Crippen molar-refractivity contribution in [3.63, 3.8) is 0 Å². The van der Waals surface area contributed by atoms with Gasteiger partial charge in [0.05, 0.1) is 10.6 Å². The minimum atomic E-state index is 0.576. The zero-order valence-corrected chi connectivity index (χ0v) is 12.5. The minimum absolute atomic E-state index is 0.576. The maximum Gasteiger partial charge on any atom is 0.188 e. The molecule has 21 heavy (non-hydrogen) atoms. The summed E-state index contributed by atoms with van der Waals surface area (Å²) in [5.41, 5.74) is 3.04. The van der Waals surface area contributed by atoms with Crippen LogP contribution in [0, 0.1) is 0 Å². The van der Waals surface area contributed by atoms with Crippen LogP contribution in [0.5, 0.6) is 5.75 Å². The lowest BCUT2D eigenvalue weighted by Crippen LogP contribution is -2.02. The molecule has 3 aromatic rings. The van der Waals surface area contributed by atoms with Gasteiger partial charge < -0.3 is 10.1 Å². The number of aromatic nitrogens is 1. The number of nitrogens with one attached hydrogen (secondary N) is 1. The van der Waals surface area contributed by atoms with Crippen molar-refractivity contribution in [1.82, 2.24) is 4.98 Å². The molecule has 2 aromatic carbocycles. The Labute approximate surface area is 131 Å². The fourth-order valence-electron chi connectivity index (χ4n) is 2.30. The van der Waals surface area contributed by atoms with E-state index in [9.17, 15) is 0 Å². The number of hydrogen-bond acceptors (Lipinski definition) is 4. The third-order valence-corrected chi connectivity index (χ3v) is 4.49. The molecular formula is C16H11ClN2OS. The molecule has 1 aliphatic rings. The molecule has 0 unspecified atom stereocenters. The number of ether oxygens (including phenoxy) is 1. The molecule has 1 N–H and O–H groups in total. The number of thiazole rings is 1. The second-order valence-corrected chi connectivity index (χ2v) is 6.23. The van der Waals surface area contributed by atoms with E-state index in [1.54, 1.807) is 11.3 Å². The third kappa shape index (κ3) is 2.37. The monoisotopic (exact) mass is 314 g/mol. The number of nitrogens with zero attached hydrogens (tertiary/aromatic N) is 1. The molecule has 0 aliphatic carbocycles. The number of anilines is 2. The molecule has 2 heterocycles. The van der Waals surface area contributed by atoms with Crippen LogP contribution < -0.4 is 10.1 Å². The number of hydrogen-bond donors (Lipinski definition) is 1. The van der Waals surface area contributed by atoms with Gasteiger partial charge in [-0.25, -0.2) is 4.98 Å². The third-order valence-electron chi connectivity index (χ3n) is 3.29. The second kappa shape index (κ2) is 5.06. The molecule has 1 aliphatic heterocycles. The smallest absolute Gasteiger partial charge is 0.188 e. The Morgan fingerprint density at radius 3 is 2.76 bits per heavy atom. The van der Waals surface area contributed by atoms with Crippen LogP contribution in [-0.2, 0) is 6.61 Å². The Hall–Kier alpha value is -2.04. The maximum atomic E-state index is 5.90. The molecule has 0 amide bonds. The minimum Gasteiger partial charge on any atom is -0.487 e. The summed E-state index contributed by atoms with van der Waals surface area (Å²) in [6.07, 6.45) is 0. The van der Waals surface area contributed by atoms with Gasteiger partial charge in [-0.3, -0.25) is 0 Å². The average Bonchev–Trinajstić information content (AvgIpc) is 2.92. The normalized spacial score (nSPS) is 12.2. The average molecular weight is 315 g/mol. The van der Waals surface area contributed by atoms with E-state index in [-0.39, 0.29) is 0 Å². The van der Waals surface area contributed by atoms with Crippen LogP contribution in [0.1, 0.15) is 4.88 Å². The van der Waals surface area contributed by atoms with Gasteiger partial charge in [0.15, 0.2) is 5.13 Å². The van der Waals surface area contributed by atoms with E-state index >= 15 is 0 Å². The molecule has 0 bridgehead atoms. The zero-order valence-electron chi connectivity index (χ0n) is 11.0. The standard InChI is InChI=1S/C16H11ClN2OS/c17-10-5-7-11(8-6-10)18-16-19-15-12-3-1-2-4-13(12)20-9-14(15)21-16/h1-8H,9H2,(H,18,19). The predicted molar refractivity (Wildman–Crippen MR) is 86.6 cm³/mol. The van der Waals surface area contributed by atoms with Crippen LogP contribution in [-0.4, -0.2) is 4.98 Å². The number of halogens is 1. The van der Waals surface area contributed by atoms with Gasteiger partial charge >= 0.3 is 0 Å². The van der Waals surface area contributed by atoms with E-state index in [0.717, 1.165) is 37.7 Å². The van der Waals surface area contributed by atoms with Gasteiger partial charge in [-0.1, -0.05) is 35.1 Å². The number of benzene rings is 2. The van der Waals surface area contributed by atoms with Crippen LogP contribution in [0.2, 0.25) is 5.02 Å². The molecule has 4 rings (SSSR count). The van der Waals surface area contributed by atoms with Crippen molar-refractivity contribution < 1.29 is 4.74 Å². The zero-order chi connectivity index (χ0) is 14.2. The van der Waals surface area contributed by atoms with Gasteiger partial charge in [0, 0.05) is 16.3 Å². The molecule has 5 heteroatoms. The highest BCUT2D eigenvalue weighted by Crippen LogP contribution is 2.41. The van der Waals surface area contributed by atoms with Crippen molar-refractivity contribution in [3.8, 4) is 17.0 Å². The molecular weight excluding hydrogens is 304 g/mol. The number of rotatable bonds is 2. The molecule has 104 valence electrons. The van der Waals surface area contributed by atoms with Crippen molar-refractivity contribution >= 4 is 33.8 Å². The molecule has 0 atom stereocenters. The lowest BCUT2D eigenvalue weighted by molar-refractivity contribution is 0.305. The van der Waals surface area contributed by atoms with E-state index in [0.29, 0.717) is 6.61 Å². The lowest BCUT2D eigenvalue weighted by atomic mass is 10.1. The van der Waals surface area contributed by atoms with Crippen LogP contribution in [0.25, 0.3) is 11.3 Å². The lowest BCUT2D eigenvalue weighted by Gasteiger charge is -2.15. The van der Waals surface area contributed by atoms with Crippen molar-refractivity contribution in [1.29, 1.82) is 0 Å². The molecule has 0 saturated heterocycles. The summed E-state index contributed by atoms with van der Waals surface area (Å²) < 4.78 is 5.75. The fourth-order valence-corrected chi connectivity index (χ4v) is 3.34. The van der Waals surface area contributed by atoms with Gasteiger partial charge in [-0.2, -0.15) is 0 Å². The van der Waals surface area contributed by atoms with Gasteiger partial charge in [0.1, 0.15) is 12.4 Å². The van der Waals surface area contributed by atoms with Crippen molar-refractivity contribution in [2.45, 2.75) is 6.61 Å². The Bertz CT molecular complexity index is 798. The number of para-hydroxylation sites is 1. The molecule has 0 fully saturated rings. The van der Waals surface area contributed by atoms with Gasteiger partial charge in [0.25, 0.3) is 0 Å². The molecule has 3 nitrogen and oxygen atoms in total. The van der Waals surface area contributed by atoms with Crippen molar-refractivity contribution in [2.75, 3.05) is 5.32 Å². The Morgan fingerprint density at radius 1 is 1.10 bits per heavy atom. The molecule has 0 saturated carbocycles. The first-order valence-corrected chi connectivity index (χ1v) is 7.73.